The molecule has 3 N–H and O–H groups in total. The summed E-state index contributed by atoms with van der Waals surface area (Å²) in [7, 11) is 0. The van der Waals surface area contributed by atoms with Crippen LogP contribution in [-0.4, -0.2) is 44.3 Å². The van der Waals surface area contributed by atoms with Crippen LogP contribution in [0.3, 0.4) is 0 Å². The number of rotatable bonds is 1. The molecule has 1 amide bonds. The molecule has 5 nitrogen and oxygen atoms in total. The minimum Gasteiger partial charge on any atom is -0.508 e. The summed E-state index contributed by atoms with van der Waals surface area (Å²) < 4.78 is 0. The number of hydrogen-bond donors (Lipinski definition) is 3. The van der Waals surface area contributed by atoms with E-state index in [1.54, 1.807) is 4.90 Å². The lowest BCUT2D eigenvalue weighted by molar-refractivity contribution is 0.0286. The average molecular weight is 263 g/mol. The quantitative estimate of drug-likeness (QED) is 0.711. The fourth-order valence-electron chi connectivity index (χ4n) is 3.35. The van der Waals surface area contributed by atoms with E-state index >= 15 is 0 Å². The number of nitrogens with zero attached hydrogens (tertiary/aromatic N) is 1. The van der Waals surface area contributed by atoms with Gasteiger partial charge in [-0.05, 0) is 37.8 Å². The number of aromatic hydroxyl groups is 2. The van der Waals surface area contributed by atoms with Crippen LogP contribution in [0.4, 0.5) is 0 Å². The second kappa shape index (κ2) is 4.42. The molecule has 0 radical (unpaired) electrons. The number of amides is 1. The third kappa shape index (κ3) is 2.14. The van der Waals surface area contributed by atoms with E-state index in [1.165, 1.54) is 18.2 Å². The van der Waals surface area contributed by atoms with Crippen molar-refractivity contribution in [2.24, 2.45) is 0 Å². The predicted molar refractivity (Wildman–Crippen MR) is 68.0 cm³/mol. The van der Waals surface area contributed by atoms with Crippen molar-refractivity contribution >= 4 is 5.91 Å². The van der Waals surface area contributed by atoms with Crippen molar-refractivity contribution < 1.29 is 20.1 Å². The summed E-state index contributed by atoms with van der Waals surface area (Å²) in [5.41, 5.74) is 0.297. The molecule has 0 spiro atoms. The highest BCUT2D eigenvalue weighted by atomic mass is 16.3. The van der Waals surface area contributed by atoms with Gasteiger partial charge in [0.15, 0.2) is 0 Å². The summed E-state index contributed by atoms with van der Waals surface area (Å²) in [4.78, 5) is 14.3. The number of piperidine rings is 1. The maximum atomic E-state index is 12.5. The Labute approximate surface area is 111 Å². The summed E-state index contributed by atoms with van der Waals surface area (Å²) in [5.74, 6) is -0.411. The van der Waals surface area contributed by atoms with Crippen LogP contribution in [0.5, 0.6) is 11.5 Å². The summed E-state index contributed by atoms with van der Waals surface area (Å²) in [6.45, 7) is 0. The highest BCUT2D eigenvalue weighted by Gasteiger charge is 2.43. The molecule has 102 valence electrons. The highest BCUT2D eigenvalue weighted by molar-refractivity contribution is 5.95. The lowest BCUT2D eigenvalue weighted by Gasteiger charge is -2.37. The molecule has 3 rings (SSSR count). The smallest absolute Gasteiger partial charge is 0.254 e. The van der Waals surface area contributed by atoms with Gasteiger partial charge in [-0.25, -0.2) is 0 Å². The van der Waals surface area contributed by atoms with Crippen LogP contribution in [0.2, 0.25) is 0 Å². The third-order valence-corrected chi connectivity index (χ3v) is 4.09. The molecule has 2 aliphatic heterocycles. The standard InChI is InChI=1S/C14H17NO4/c16-11-3-8(4-12(17)7-11)14(19)15-9-1-2-10(15)6-13(18)5-9/h3-4,7,9-10,13,16-18H,1-2,5-6H2. The van der Waals surface area contributed by atoms with E-state index < -0.39 is 0 Å². The van der Waals surface area contributed by atoms with E-state index in [9.17, 15) is 20.1 Å². The van der Waals surface area contributed by atoms with E-state index in [4.69, 9.17) is 0 Å². The Morgan fingerprint density at radius 2 is 1.58 bits per heavy atom. The molecule has 5 heteroatoms. The zero-order valence-corrected chi connectivity index (χ0v) is 10.5. The molecule has 2 unspecified atom stereocenters. The van der Waals surface area contributed by atoms with Crippen LogP contribution < -0.4 is 0 Å². The summed E-state index contributed by atoms with van der Waals surface area (Å²) in [6.07, 6.45) is 2.75. The number of phenolic OH excluding ortho intramolecular Hbond substituents is 2. The molecule has 2 fully saturated rings. The summed E-state index contributed by atoms with van der Waals surface area (Å²) in [6, 6.07) is 4.08. The van der Waals surface area contributed by atoms with Crippen molar-refractivity contribution in [3.05, 3.63) is 23.8 Å². The van der Waals surface area contributed by atoms with Crippen LogP contribution in [0.1, 0.15) is 36.0 Å². The predicted octanol–water partition coefficient (Wildman–Crippen LogP) is 1.23. The Kier molecular flexibility index (Phi) is 2.86. The lowest BCUT2D eigenvalue weighted by atomic mass is 9.98. The summed E-state index contributed by atoms with van der Waals surface area (Å²) in [5, 5.41) is 28.7. The molecule has 1 aromatic carbocycles. The molecule has 2 saturated heterocycles. The van der Waals surface area contributed by atoms with Gasteiger partial charge in [-0.3, -0.25) is 4.79 Å². The van der Waals surface area contributed by atoms with E-state index in [-0.39, 0.29) is 35.6 Å². The highest BCUT2D eigenvalue weighted by Crippen LogP contribution is 2.37. The van der Waals surface area contributed by atoms with Gasteiger partial charge in [0.05, 0.1) is 6.10 Å². The molecular formula is C14H17NO4. The fraction of sp³-hybridized carbons (Fsp3) is 0.500. The topological polar surface area (TPSA) is 81.0 Å². The van der Waals surface area contributed by atoms with Crippen molar-refractivity contribution in [2.75, 3.05) is 0 Å². The second-order valence-electron chi connectivity index (χ2n) is 5.46. The first-order valence-electron chi connectivity index (χ1n) is 6.58. The molecule has 0 saturated carbocycles. The number of carbonyl (C=O) groups excluding carboxylic acids is 1. The number of fused-ring (bicyclic) bond motifs is 2. The van der Waals surface area contributed by atoms with Crippen LogP contribution in [-0.2, 0) is 0 Å². The number of hydrogen-bond acceptors (Lipinski definition) is 4. The first-order chi connectivity index (χ1) is 9.04. The largest absolute Gasteiger partial charge is 0.508 e. The maximum Gasteiger partial charge on any atom is 0.254 e. The molecular weight excluding hydrogens is 246 g/mol. The van der Waals surface area contributed by atoms with E-state index in [2.05, 4.69) is 0 Å². The fourth-order valence-corrected chi connectivity index (χ4v) is 3.35. The van der Waals surface area contributed by atoms with Gasteiger partial charge in [0.1, 0.15) is 11.5 Å². The SMILES string of the molecule is O=C(c1cc(O)cc(O)c1)N1C2CCC1CC(O)C2. The zero-order chi connectivity index (χ0) is 13.6. The minimum absolute atomic E-state index is 0.0748. The second-order valence-corrected chi connectivity index (χ2v) is 5.46. The first-order valence-corrected chi connectivity index (χ1v) is 6.58. The molecule has 19 heavy (non-hydrogen) atoms. The average Bonchev–Trinajstić information content (AvgIpc) is 2.59. The zero-order valence-electron chi connectivity index (χ0n) is 10.5. The van der Waals surface area contributed by atoms with E-state index in [0.717, 1.165) is 12.8 Å². The molecule has 2 atom stereocenters. The normalized spacial score (nSPS) is 29.5. The Morgan fingerprint density at radius 3 is 2.11 bits per heavy atom. The maximum absolute atomic E-state index is 12.5. The molecule has 2 bridgehead atoms. The Morgan fingerprint density at radius 1 is 1.05 bits per heavy atom. The van der Waals surface area contributed by atoms with Gasteiger partial charge in [-0.1, -0.05) is 0 Å². The monoisotopic (exact) mass is 263 g/mol. The van der Waals surface area contributed by atoms with Gasteiger partial charge in [0.2, 0.25) is 0 Å². The van der Waals surface area contributed by atoms with Gasteiger partial charge in [0, 0.05) is 23.7 Å². The number of phenols is 2. The van der Waals surface area contributed by atoms with Crippen LogP contribution in [0.15, 0.2) is 18.2 Å². The van der Waals surface area contributed by atoms with Gasteiger partial charge < -0.3 is 20.2 Å². The summed E-state index contributed by atoms with van der Waals surface area (Å²) >= 11 is 0. The molecule has 0 aliphatic carbocycles. The number of benzene rings is 1. The molecule has 2 heterocycles. The number of carbonyl (C=O) groups is 1. The van der Waals surface area contributed by atoms with Crippen LogP contribution in [0, 0.1) is 0 Å². The van der Waals surface area contributed by atoms with E-state index in [0.29, 0.717) is 18.4 Å². The van der Waals surface area contributed by atoms with Crippen molar-refractivity contribution in [2.45, 2.75) is 43.9 Å². The first kappa shape index (κ1) is 12.3. The number of aliphatic hydroxyl groups excluding tert-OH is 1. The Balaban J connectivity index is 1.88. The van der Waals surface area contributed by atoms with Gasteiger partial charge >= 0.3 is 0 Å². The Hall–Kier alpha value is -1.75. The van der Waals surface area contributed by atoms with Crippen molar-refractivity contribution in [1.29, 1.82) is 0 Å². The Bertz CT molecular complexity index is 482. The van der Waals surface area contributed by atoms with Crippen molar-refractivity contribution in [3.63, 3.8) is 0 Å². The van der Waals surface area contributed by atoms with Crippen molar-refractivity contribution in [3.8, 4) is 11.5 Å². The molecule has 0 aromatic heterocycles. The van der Waals surface area contributed by atoms with Gasteiger partial charge in [-0.2, -0.15) is 0 Å². The van der Waals surface area contributed by atoms with Gasteiger partial charge in [0.25, 0.3) is 5.91 Å². The van der Waals surface area contributed by atoms with Crippen molar-refractivity contribution in [1.82, 2.24) is 4.90 Å². The van der Waals surface area contributed by atoms with E-state index in [1.807, 2.05) is 0 Å². The molecule has 1 aromatic rings. The lowest BCUT2D eigenvalue weighted by Crippen LogP contribution is -2.47. The van der Waals surface area contributed by atoms with Crippen LogP contribution in [0.25, 0.3) is 0 Å². The number of aliphatic hydroxyl groups is 1. The minimum atomic E-state index is -0.320. The molecule has 2 aliphatic rings. The third-order valence-electron chi connectivity index (χ3n) is 4.09. The van der Waals surface area contributed by atoms with Gasteiger partial charge in [-0.15, -0.1) is 0 Å². The van der Waals surface area contributed by atoms with Crippen LogP contribution >= 0.6 is 0 Å².